The summed E-state index contributed by atoms with van der Waals surface area (Å²) in [6.07, 6.45) is 2.86. The van der Waals surface area contributed by atoms with Gasteiger partial charge in [-0.15, -0.1) is 0 Å². The van der Waals surface area contributed by atoms with Crippen molar-refractivity contribution in [2.75, 3.05) is 13.7 Å². The van der Waals surface area contributed by atoms with E-state index in [4.69, 9.17) is 4.74 Å². The number of methoxy groups -OCH3 is 1. The van der Waals surface area contributed by atoms with Crippen molar-refractivity contribution in [2.24, 2.45) is 17.8 Å². The molecular formula is C19H25NO2. The number of hydrogen-bond acceptors (Lipinski definition) is 3. The largest absolute Gasteiger partial charge is 0.497 e. The fraction of sp³-hybridized carbons (Fsp3) is 0.632. The molecule has 3 heteroatoms. The maximum absolute atomic E-state index is 12.7. The average molecular weight is 299 g/mol. The molecule has 5 atom stereocenters. The van der Waals surface area contributed by atoms with Crippen molar-refractivity contribution in [2.45, 2.75) is 44.6 Å². The molecule has 2 aliphatic carbocycles. The monoisotopic (exact) mass is 299 g/mol. The van der Waals surface area contributed by atoms with Crippen molar-refractivity contribution in [1.82, 2.24) is 5.32 Å². The third-order valence-corrected chi connectivity index (χ3v) is 6.70. The number of piperidine rings is 1. The first kappa shape index (κ1) is 14.3. The van der Waals surface area contributed by atoms with Crippen LogP contribution in [0.5, 0.6) is 5.75 Å². The van der Waals surface area contributed by atoms with Gasteiger partial charge in [0.15, 0.2) is 0 Å². The van der Waals surface area contributed by atoms with Crippen LogP contribution in [0, 0.1) is 17.8 Å². The van der Waals surface area contributed by atoms with Gasteiger partial charge in [-0.05, 0) is 54.5 Å². The quantitative estimate of drug-likeness (QED) is 0.866. The molecule has 0 amide bonds. The van der Waals surface area contributed by atoms with Crippen molar-refractivity contribution < 1.29 is 9.53 Å². The third kappa shape index (κ3) is 1.75. The second-order valence-corrected chi connectivity index (χ2v) is 7.51. The topological polar surface area (TPSA) is 38.3 Å². The Labute approximate surface area is 132 Å². The first-order valence-electron chi connectivity index (χ1n) is 8.50. The summed E-state index contributed by atoms with van der Waals surface area (Å²) in [6, 6.07) is 6.99. The Hall–Kier alpha value is -1.35. The minimum absolute atomic E-state index is 0.0288. The predicted octanol–water partition coefficient (Wildman–Crippen LogP) is 2.71. The Bertz CT molecular complexity index is 626. The van der Waals surface area contributed by atoms with Crippen molar-refractivity contribution in [1.29, 1.82) is 0 Å². The Morgan fingerprint density at radius 3 is 2.91 bits per heavy atom. The molecule has 0 spiro atoms. The summed E-state index contributed by atoms with van der Waals surface area (Å²) in [7, 11) is 1.72. The van der Waals surface area contributed by atoms with Crippen LogP contribution in [0.15, 0.2) is 18.2 Å². The van der Waals surface area contributed by atoms with Crippen LogP contribution in [0.4, 0.5) is 0 Å². The molecule has 1 heterocycles. The first-order chi connectivity index (χ1) is 10.6. The average Bonchev–Trinajstić information content (AvgIpc) is 2.52. The standard InChI is InChI=1S/C19H25NO2/c1-11-12(2)18-16-8-13-4-5-14(22-3)9-15(13)19(18,6-7-20-16)10-17(11)21/h4-5,9,11-12,16,18,20H,6-8,10H2,1-3H3/t11-,12+,16-,18+,19+/m1/s1. The van der Waals surface area contributed by atoms with Crippen LogP contribution < -0.4 is 10.1 Å². The van der Waals surface area contributed by atoms with E-state index in [2.05, 4.69) is 37.4 Å². The van der Waals surface area contributed by atoms with Crippen LogP contribution in [0.3, 0.4) is 0 Å². The van der Waals surface area contributed by atoms with E-state index in [1.54, 1.807) is 7.11 Å². The molecule has 1 saturated carbocycles. The molecule has 2 fully saturated rings. The highest BCUT2D eigenvalue weighted by Gasteiger charge is 2.57. The molecular weight excluding hydrogens is 274 g/mol. The molecule has 1 aromatic carbocycles. The van der Waals surface area contributed by atoms with Crippen molar-refractivity contribution >= 4 is 5.78 Å². The van der Waals surface area contributed by atoms with E-state index in [0.29, 0.717) is 30.1 Å². The number of ether oxygens (including phenoxy) is 1. The lowest BCUT2D eigenvalue weighted by molar-refractivity contribution is -0.134. The summed E-state index contributed by atoms with van der Waals surface area (Å²) < 4.78 is 5.47. The van der Waals surface area contributed by atoms with Gasteiger partial charge in [-0.2, -0.15) is 0 Å². The molecule has 118 valence electrons. The highest BCUT2D eigenvalue weighted by molar-refractivity contribution is 5.84. The normalized spacial score (nSPS) is 39.9. The number of carbonyl (C=O) groups is 1. The van der Waals surface area contributed by atoms with E-state index in [9.17, 15) is 4.79 Å². The van der Waals surface area contributed by atoms with Gasteiger partial charge in [0.05, 0.1) is 7.11 Å². The van der Waals surface area contributed by atoms with Gasteiger partial charge < -0.3 is 10.1 Å². The van der Waals surface area contributed by atoms with Crippen molar-refractivity contribution in [3.63, 3.8) is 0 Å². The number of carbonyl (C=O) groups excluding carboxylic acids is 1. The molecule has 0 unspecified atom stereocenters. The molecule has 0 radical (unpaired) electrons. The highest BCUT2D eigenvalue weighted by atomic mass is 16.5. The molecule has 3 nitrogen and oxygen atoms in total. The minimum Gasteiger partial charge on any atom is -0.497 e. The molecule has 4 rings (SSSR count). The lowest BCUT2D eigenvalue weighted by Gasteiger charge is -2.58. The number of Topliss-reactive ketones (excluding diaryl/α,β-unsaturated/α-hetero) is 1. The number of ketones is 1. The van der Waals surface area contributed by atoms with Crippen LogP contribution in [-0.2, 0) is 16.6 Å². The third-order valence-electron chi connectivity index (χ3n) is 6.70. The van der Waals surface area contributed by atoms with Crippen LogP contribution in [-0.4, -0.2) is 25.5 Å². The fourth-order valence-corrected chi connectivity index (χ4v) is 5.48. The van der Waals surface area contributed by atoms with Crippen molar-refractivity contribution in [3.05, 3.63) is 29.3 Å². The van der Waals surface area contributed by atoms with E-state index in [1.165, 1.54) is 11.1 Å². The van der Waals surface area contributed by atoms with Gasteiger partial charge in [0.25, 0.3) is 0 Å². The lowest BCUT2D eigenvalue weighted by Crippen LogP contribution is -2.64. The van der Waals surface area contributed by atoms with E-state index >= 15 is 0 Å². The van der Waals surface area contributed by atoms with Gasteiger partial charge in [-0.1, -0.05) is 19.9 Å². The fourth-order valence-electron chi connectivity index (χ4n) is 5.48. The first-order valence-corrected chi connectivity index (χ1v) is 8.50. The molecule has 1 aromatic rings. The molecule has 0 aromatic heterocycles. The summed E-state index contributed by atoms with van der Waals surface area (Å²) in [6.45, 7) is 5.43. The number of fused-ring (bicyclic) bond motifs is 1. The predicted molar refractivity (Wildman–Crippen MR) is 86.2 cm³/mol. The summed E-state index contributed by atoms with van der Waals surface area (Å²) in [5.41, 5.74) is 2.83. The van der Waals surface area contributed by atoms with Crippen LogP contribution in [0.1, 0.15) is 37.8 Å². The molecule has 1 saturated heterocycles. The summed E-state index contributed by atoms with van der Waals surface area (Å²) in [5, 5.41) is 3.74. The van der Waals surface area contributed by atoms with Gasteiger partial charge in [0.1, 0.15) is 11.5 Å². The Morgan fingerprint density at radius 2 is 2.14 bits per heavy atom. The van der Waals surface area contributed by atoms with Crippen LogP contribution in [0.2, 0.25) is 0 Å². The second-order valence-electron chi connectivity index (χ2n) is 7.51. The summed E-state index contributed by atoms with van der Waals surface area (Å²) in [4.78, 5) is 12.7. The zero-order valence-corrected chi connectivity index (χ0v) is 13.7. The zero-order chi connectivity index (χ0) is 15.5. The Kier molecular flexibility index (Phi) is 3.12. The minimum atomic E-state index is 0.0288. The Morgan fingerprint density at radius 1 is 1.32 bits per heavy atom. The molecule has 1 aliphatic heterocycles. The van der Waals surface area contributed by atoms with Crippen molar-refractivity contribution in [3.8, 4) is 5.75 Å². The maximum Gasteiger partial charge on any atom is 0.136 e. The van der Waals surface area contributed by atoms with Gasteiger partial charge in [0.2, 0.25) is 0 Å². The van der Waals surface area contributed by atoms with E-state index < -0.39 is 0 Å². The summed E-state index contributed by atoms with van der Waals surface area (Å²) in [5.74, 6) is 2.56. The van der Waals surface area contributed by atoms with Gasteiger partial charge >= 0.3 is 0 Å². The summed E-state index contributed by atoms with van der Waals surface area (Å²) >= 11 is 0. The lowest BCUT2D eigenvalue weighted by atomic mass is 9.48. The van der Waals surface area contributed by atoms with E-state index in [0.717, 1.165) is 25.1 Å². The van der Waals surface area contributed by atoms with Crippen LogP contribution >= 0.6 is 0 Å². The number of benzene rings is 1. The molecule has 1 N–H and O–H groups in total. The maximum atomic E-state index is 12.7. The van der Waals surface area contributed by atoms with Gasteiger partial charge in [-0.3, -0.25) is 4.79 Å². The smallest absolute Gasteiger partial charge is 0.136 e. The van der Waals surface area contributed by atoms with E-state index in [1.807, 2.05) is 0 Å². The molecule has 22 heavy (non-hydrogen) atoms. The van der Waals surface area contributed by atoms with Gasteiger partial charge in [0, 0.05) is 23.8 Å². The molecule has 3 aliphatic rings. The Balaban J connectivity index is 1.91. The number of nitrogens with one attached hydrogen (secondary N) is 1. The second kappa shape index (κ2) is 4.82. The van der Waals surface area contributed by atoms with Crippen LogP contribution in [0.25, 0.3) is 0 Å². The zero-order valence-electron chi connectivity index (χ0n) is 13.7. The SMILES string of the molecule is COc1ccc2c(c1)[C@@]13CCN[C@H](C2)[C@@H]1[C@@H](C)[C@@H](C)C(=O)C3. The number of hydrogen-bond donors (Lipinski definition) is 1. The van der Waals surface area contributed by atoms with Gasteiger partial charge in [-0.25, -0.2) is 0 Å². The molecule has 2 bridgehead atoms. The van der Waals surface area contributed by atoms with E-state index in [-0.39, 0.29) is 11.3 Å². The number of rotatable bonds is 1. The highest BCUT2D eigenvalue weighted by Crippen LogP contribution is 2.56.